The van der Waals surface area contributed by atoms with E-state index in [0.29, 0.717) is 11.3 Å². The first-order chi connectivity index (χ1) is 13.8. The van der Waals surface area contributed by atoms with Crippen LogP contribution in [0.15, 0.2) is 42.5 Å². The van der Waals surface area contributed by atoms with Gasteiger partial charge in [-0.2, -0.15) is 0 Å². The molecule has 152 valence electrons. The maximum atomic E-state index is 13.5. The fourth-order valence-electron chi connectivity index (χ4n) is 2.83. The fraction of sp³-hybridized carbons (Fsp3) is 0.211. The number of aliphatic hydroxyl groups excluding tert-OH is 1. The monoisotopic (exact) mass is 404 g/mol. The smallest absolute Gasteiger partial charge is 0.259 e. The molecular formula is C19H18F2N4O4. The molecule has 2 atom stereocenters. The first kappa shape index (κ1) is 20.4. The molecule has 8 nitrogen and oxygen atoms in total. The van der Waals surface area contributed by atoms with E-state index in [0.717, 1.165) is 17.0 Å². The Morgan fingerprint density at radius 1 is 1.24 bits per heavy atom. The Morgan fingerprint density at radius 2 is 1.93 bits per heavy atom. The largest absolute Gasteiger partial charge is 0.384 e. The molecule has 0 spiro atoms. The number of amides is 2. The van der Waals surface area contributed by atoms with Crippen LogP contribution in [0.4, 0.5) is 20.2 Å². The molecule has 1 aliphatic rings. The van der Waals surface area contributed by atoms with Gasteiger partial charge in [0.15, 0.2) is 23.8 Å². The number of carbonyl (C=O) groups is 2. The van der Waals surface area contributed by atoms with Gasteiger partial charge in [0.05, 0.1) is 6.61 Å². The zero-order valence-corrected chi connectivity index (χ0v) is 15.1. The molecule has 3 rings (SSSR count). The number of hydrogen-bond acceptors (Lipinski definition) is 5. The van der Waals surface area contributed by atoms with Gasteiger partial charge in [-0.1, -0.05) is 0 Å². The summed E-state index contributed by atoms with van der Waals surface area (Å²) in [6.45, 7) is 0.0499. The molecule has 0 radical (unpaired) electrons. The highest BCUT2D eigenvalue weighted by molar-refractivity contribution is 6.04. The van der Waals surface area contributed by atoms with Crippen molar-refractivity contribution >= 4 is 29.0 Å². The third-order valence-corrected chi connectivity index (χ3v) is 4.36. The Morgan fingerprint density at radius 3 is 2.55 bits per heavy atom. The summed E-state index contributed by atoms with van der Waals surface area (Å²) in [6.07, 6.45) is -3.34. The number of anilines is 2. The minimum Gasteiger partial charge on any atom is -0.384 e. The molecule has 10 heteroatoms. The molecule has 0 aromatic heterocycles. The molecule has 0 aliphatic carbocycles. The number of halogens is 2. The Kier molecular flexibility index (Phi) is 5.85. The number of carbonyl (C=O) groups excluding carboxylic acids is 2. The van der Waals surface area contributed by atoms with Crippen LogP contribution in [0.3, 0.4) is 0 Å². The van der Waals surface area contributed by atoms with E-state index < -0.39 is 35.7 Å². The van der Waals surface area contributed by atoms with Gasteiger partial charge in [0.2, 0.25) is 0 Å². The average Bonchev–Trinajstić information content (AvgIpc) is 2.70. The lowest BCUT2D eigenvalue weighted by Gasteiger charge is -2.34. The fourth-order valence-corrected chi connectivity index (χ4v) is 2.83. The normalized spacial score (nSPS) is 17.7. The highest BCUT2D eigenvalue weighted by atomic mass is 19.2. The van der Waals surface area contributed by atoms with E-state index in [1.807, 2.05) is 0 Å². The lowest BCUT2D eigenvalue weighted by molar-refractivity contribution is -0.150. The molecule has 2 amide bonds. The molecule has 29 heavy (non-hydrogen) atoms. The molecule has 2 aromatic rings. The van der Waals surface area contributed by atoms with Crippen molar-refractivity contribution in [3.05, 3.63) is 59.7 Å². The molecule has 0 bridgehead atoms. The topological polar surface area (TPSA) is 129 Å². The summed E-state index contributed by atoms with van der Waals surface area (Å²) in [7, 11) is 0. The standard InChI is InChI=1S/C19H18F2N4O4/c20-13-6-5-12(9-14(13)21)25-7-8-29-16(19(25)28)15(26)18(27)24-11-3-1-10(2-4-11)17(22)23/h1-6,9,15-16,26H,7-8H2,(H3,22,23)(H,24,27). The number of morpholine rings is 1. The van der Waals surface area contributed by atoms with Crippen molar-refractivity contribution in [3.8, 4) is 0 Å². The minimum atomic E-state index is -1.83. The second-order valence-corrected chi connectivity index (χ2v) is 6.30. The number of hydrogen-bond donors (Lipinski definition) is 4. The van der Waals surface area contributed by atoms with Crippen LogP contribution < -0.4 is 16.0 Å². The van der Waals surface area contributed by atoms with Crippen molar-refractivity contribution < 1.29 is 28.2 Å². The first-order valence-corrected chi connectivity index (χ1v) is 8.59. The van der Waals surface area contributed by atoms with Crippen molar-refractivity contribution in [2.45, 2.75) is 12.2 Å². The summed E-state index contributed by atoms with van der Waals surface area (Å²) in [5.74, 6) is -3.95. The van der Waals surface area contributed by atoms with Crippen LogP contribution in [0, 0.1) is 17.0 Å². The summed E-state index contributed by atoms with van der Waals surface area (Å²) < 4.78 is 31.9. The van der Waals surface area contributed by atoms with Gasteiger partial charge in [0.25, 0.3) is 11.8 Å². The van der Waals surface area contributed by atoms with Gasteiger partial charge in [-0.15, -0.1) is 0 Å². The second-order valence-electron chi connectivity index (χ2n) is 6.30. The number of ether oxygens (including phenoxy) is 1. The van der Waals surface area contributed by atoms with E-state index in [9.17, 15) is 23.5 Å². The van der Waals surface area contributed by atoms with E-state index in [1.54, 1.807) is 0 Å². The van der Waals surface area contributed by atoms with Crippen LogP contribution in [0.2, 0.25) is 0 Å². The summed E-state index contributed by atoms with van der Waals surface area (Å²) in [5, 5.41) is 20.1. The van der Waals surface area contributed by atoms with Gasteiger partial charge < -0.3 is 25.8 Å². The van der Waals surface area contributed by atoms with E-state index in [-0.39, 0.29) is 24.7 Å². The zero-order chi connectivity index (χ0) is 21.1. The molecular weight excluding hydrogens is 386 g/mol. The average molecular weight is 404 g/mol. The second kappa shape index (κ2) is 8.33. The summed E-state index contributed by atoms with van der Waals surface area (Å²) in [5.41, 5.74) is 6.22. The molecule has 1 fully saturated rings. The van der Waals surface area contributed by atoms with Crippen molar-refractivity contribution in [1.82, 2.24) is 0 Å². The van der Waals surface area contributed by atoms with Gasteiger partial charge in [0.1, 0.15) is 5.84 Å². The Balaban J connectivity index is 1.71. The lowest BCUT2D eigenvalue weighted by Crippen LogP contribution is -2.55. The number of aliphatic hydroxyl groups is 1. The summed E-state index contributed by atoms with van der Waals surface area (Å²) >= 11 is 0. The SMILES string of the molecule is N=C(N)c1ccc(NC(=O)C(O)C2OCCN(c3ccc(F)c(F)c3)C2=O)cc1. The van der Waals surface area contributed by atoms with Crippen LogP contribution in [0.5, 0.6) is 0 Å². The van der Waals surface area contributed by atoms with E-state index >= 15 is 0 Å². The predicted octanol–water partition coefficient (Wildman–Crippen LogP) is 0.980. The maximum Gasteiger partial charge on any atom is 0.259 e. The van der Waals surface area contributed by atoms with Gasteiger partial charge in [-0.3, -0.25) is 15.0 Å². The van der Waals surface area contributed by atoms with Gasteiger partial charge in [0, 0.05) is 29.5 Å². The van der Waals surface area contributed by atoms with Crippen molar-refractivity contribution in [1.29, 1.82) is 5.41 Å². The van der Waals surface area contributed by atoms with Gasteiger partial charge >= 0.3 is 0 Å². The number of nitrogen functional groups attached to an aromatic ring is 1. The minimum absolute atomic E-state index is 0.00689. The van der Waals surface area contributed by atoms with Crippen LogP contribution in [0.25, 0.3) is 0 Å². The van der Waals surface area contributed by atoms with E-state index in [2.05, 4.69) is 5.32 Å². The van der Waals surface area contributed by atoms with Gasteiger partial charge in [-0.05, 0) is 36.4 Å². The molecule has 2 aromatic carbocycles. The van der Waals surface area contributed by atoms with Crippen LogP contribution in [0.1, 0.15) is 5.56 Å². The van der Waals surface area contributed by atoms with Crippen molar-refractivity contribution in [3.63, 3.8) is 0 Å². The Hall–Kier alpha value is -3.37. The predicted molar refractivity (Wildman–Crippen MR) is 101 cm³/mol. The molecule has 2 unspecified atom stereocenters. The highest BCUT2D eigenvalue weighted by Gasteiger charge is 2.39. The van der Waals surface area contributed by atoms with Crippen LogP contribution in [-0.2, 0) is 14.3 Å². The van der Waals surface area contributed by atoms with Crippen LogP contribution >= 0.6 is 0 Å². The summed E-state index contributed by atoms with van der Waals surface area (Å²) in [6, 6.07) is 8.96. The zero-order valence-electron chi connectivity index (χ0n) is 15.1. The number of nitrogens with zero attached hydrogens (tertiary/aromatic N) is 1. The lowest BCUT2D eigenvalue weighted by atomic mass is 10.1. The quantitative estimate of drug-likeness (QED) is 0.436. The van der Waals surface area contributed by atoms with Crippen LogP contribution in [-0.4, -0.2) is 48.1 Å². The Labute approximate surface area is 164 Å². The third-order valence-electron chi connectivity index (χ3n) is 4.36. The first-order valence-electron chi connectivity index (χ1n) is 8.59. The molecule has 1 saturated heterocycles. The third kappa shape index (κ3) is 4.39. The number of nitrogens with one attached hydrogen (secondary N) is 2. The molecule has 1 heterocycles. The van der Waals surface area contributed by atoms with Gasteiger partial charge in [-0.25, -0.2) is 8.78 Å². The highest BCUT2D eigenvalue weighted by Crippen LogP contribution is 2.23. The Bertz CT molecular complexity index is 952. The molecule has 1 aliphatic heterocycles. The summed E-state index contributed by atoms with van der Waals surface area (Å²) in [4.78, 5) is 26.1. The number of amidine groups is 1. The molecule has 5 N–H and O–H groups in total. The number of benzene rings is 2. The number of nitrogens with two attached hydrogens (primary N) is 1. The molecule has 0 saturated carbocycles. The van der Waals surface area contributed by atoms with E-state index in [1.165, 1.54) is 30.3 Å². The van der Waals surface area contributed by atoms with Crippen molar-refractivity contribution in [2.24, 2.45) is 5.73 Å². The van der Waals surface area contributed by atoms with E-state index in [4.69, 9.17) is 15.9 Å². The maximum absolute atomic E-state index is 13.5. The number of rotatable bonds is 5. The van der Waals surface area contributed by atoms with Crippen molar-refractivity contribution in [2.75, 3.05) is 23.4 Å².